The third-order valence-corrected chi connectivity index (χ3v) is 1.33. The number of aromatic amines is 1. The van der Waals surface area contributed by atoms with Gasteiger partial charge in [-0.3, -0.25) is 0 Å². The molecule has 0 aliphatic heterocycles. The molecule has 0 radical (unpaired) electrons. The zero-order valence-corrected chi connectivity index (χ0v) is 8.06. The van der Waals surface area contributed by atoms with Crippen LogP contribution in [-0.4, -0.2) is 22.5 Å². The van der Waals surface area contributed by atoms with Gasteiger partial charge in [-0.05, 0) is 24.6 Å². The van der Waals surface area contributed by atoms with Crippen LogP contribution in [0, 0.1) is 0 Å². The summed E-state index contributed by atoms with van der Waals surface area (Å²) in [4.78, 5) is 7.07. The van der Waals surface area contributed by atoms with Gasteiger partial charge in [0.2, 0.25) is 0 Å². The lowest BCUT2D eigenvalue weighted by Gasteiger charge is -1.81. The quantitative estimate of drug-likeness (QED) is 0.675. The summed E-state index contributed by atoms with van der Waals surface area (Å²) in [5.41, 5.74) is 2.12. The molecule has 0 spiro atoms. The van der Waals surface area contributed by atoms with E-state index in [4.69, 9.17) is 0 Å². The van der Waals surface area contributed by atoms with Crippen LogP contribution in [0.25, 0.3) is 11.0 Å². The highest BCUT2D eigenvalue weighted by atomic mass is 32.2. The summed E-state index contributed by atoms with van der Waals surface area (Å²) in [6.45, 7) is 0. The Hall–Kier alpha value is -0.960. The average molecular weight is 180 g/mol. The first kappa shape index (κ1) is 9.13. The summed E-state index contributed by atoms with van der Waals surface area (Å²) in [7, 11) is 0. The molecule has 0 fully saturated rings. The fourth-order valence-corrected chi connectivity index (χ4v) is 0.880. The highest BCUT2D eigenvalue weighted by molar-refractivity contribution is 7.97. The number of aromatic nitrogens is 2. The third kappa shape index (κ3) is 2.27. The summed E-state index contributed by atoms with van der Waals surface area (Å²) in [5, 5.41) is 0. The Bertz CT molecular complexity index is 300. The maximum atomic E-state index is 4.06. The van der Waals surface area contributed by atoms with Crippen molar-refractivity contribution in [2.75, 3.05) is 12.5 Å². The predicted octanol–water partition coefficient (Wildman–Crippen LogP) is 2.54. The van der Waals surface area contributed by atoms with E-state index in [1.54, 1.807) is 18.1 Å². The molecule has 64 valence electrons. The predicted molar refractivity (Wildman–Crippen MR) is 55.5 cm³/mol. The van der Waals surface area contributed by atoms with Crippen molar-refractivity contribution in [1.82, 2.24) is 9.97 Å². The molecule has 2 rings (SSSR count). The largest absolute Gasteiger partial charge is 0.345 e. The van der Waals surface area contributed by atoms with E-state index in [0.717, 1.165) is 11.0 Å². The van der Waals surface area contributed by atoms with Gasteiger partial charge in [-0.15, -0.1) is 0 Å². The highest BCUT2D eigenvalue weighted by Gasteiger charge is 1.88. The number of nitrogens with zero attached hydrogens (tertiary/aromatic N) is 1. The van der Waals surface area contributed by atoms with Crippen LogP contribution in [0.1, 0.15) is 0 Å². The molecule has 2 nitrogen and oxygen atoms in total. The molecular weight excluding hydrogens is 168 g/mol. The average Bonchev–Trinajstić information content (AvgIpc) is 2.52. The summed E-state index contributed by atoms with van der Waals surface area (Å²) in [6.07, 6.45) is 5.78. The van der Waals surface area contributed by atoms with Crippen molar-refractivity contribution < 1.29 is 0 Å². The topological polar surface area (TPSA) is 28.7 Å². The van der Waals surface area contributed by atoms with Crippen molar-refractivity contribution in [3.05, 3.63) is 30.6 Å². The molecule has 0 atom stereocenters. The van der Waals surface area contributed by atoms with Gasteiger partial charge in [-0.2, -0.15) is 11.8 Å². The fourth-order valence-electron chi connectivity index (χ4n) is 0.880. The van der Waals surface area contributed by atoms with Crippen molar-refractivity contribution >= 4 is 22.8 Å². The van der Waals surface area contributed by atoms with Gasteiger partial charge in [-0.1, -0.05) is 12.1 Å². The second-order valence-corrected chi connectivity index (χ2v) is 3.14. The van der Waals surface area contributed by atoms with E-state index in [1.807, 2.05) is 36.8 Å². The molecule has 12 heavy (non-hydrogen) atoms. The molecule has 2 aromatic rings. The molecule has 0 unspecified atom stereocenters. The lowest BCUT2D eigenvalue weighted by Crippen LogP contribution is -1.63. The number of thioether (sulfide) groups is 1. The molecule has 0 amide bonds. The third-order valence-electron chi connectivity index (χ3n) is 1.33. The molecule has 3 heteroatoms. The number of nitrogens with one attached hydrogen (secondary N) is 1. The Balaban J connectivity index is 0.000000213. The van der Waals surface area contributed by atoms with Crippen molar-refractivity contribution in [3.63, 3.8) is 0 Å². The number of para-hydroxylation sites is 2. The van der Waals surface area contributed by atoms with Crippen LogP contribution in [0.2, 0.25) is 0 Å². The van der Waals surface area contributed by atoms with Gasteiger partial charge >= 0.3 is 0 Å². The monoisotopic (exact) mass is 180 g/mol. The molecule has 0 aliphatic carbocycles. The van der Waals surface area contributed by atoms with Gasteiger partial charge in [0.15, 0.2) is 0 Å². The summed E-state index contributed by atoms with van der Waals surface area (Å²) < 4.78 is 0. The molecule has 0 bridgehead atoms. The smallest absolute Gasteiger partial charge is 0.0931 e. The van der Waals surface area contributed by atoms with Crippen molar-refractivity contribution in [1.29, 1.82) is 0 Å². The highest BCUT2D eigenvalue weighted by Crippen LogP contribution is 2.05. The van der Waals surface area contributed by atoms with E-state index in [-0.39, 0.29) is 0 Å². The van der Waals surface area contributed by atoms with Gasteiger partial charge in [0, 0.05) is 0 Å². The number of hydrogen-bond donors (Lipinski definition) is 1. The second kappa shape index (κ2) is 4.83. The number of benzene rings is 1. The summed E-state index contributed by atoms with van der Waals surface area (Å²) in [6, 6.07) is 7.94. The maximum absolute atomic E-state index is 4.06. The number of hydrogen-bond acceptors (Lipinski definition) is 2. The number of rotatable bonds is 0. The van der Waals surface area contributed by atoms with Crippen LogP contribution >= 0.6 is 11.8 Å². The summed E-state index contributed by atoms with van der Waals surface area (Å²) >= 11 is 1.75. The van der Waals surface area contributed by atoms with Gasteiger partial charge in [0.1, 0.15) is 0 Å². The molecule has 1 heterocycles. The molecule has 1 N–H and O–H groups in total. The Morgan fingerprint density at radius 3 is 2.58 bits per heavy atom. The first-order chi connectivity index (χ1) is 5.88. The minimum absolute atomic E-state index is 1.03. The molecule has 0 saturated carbocycles. The Morgan fingerprint density at radius 1 is 1.25 bits per heavy atom. The number of fused-ring (bicyclic) bond motifs is 1. The molecule has 0 saturated heterocycles. The number of H-pyrrole nitrogens is 1. The summed E-state index contributed by atoms with van der Waals surface area (Å²) in [5.74, 6) is 0. The molecular formula is C9H12N2S. The van der Waals surface area contributed by atoms with Crippen LogP contribution < -0.4 is 0 Å². The lowest BCUT2D eigenvalue weighted by molar-refractivity contribution is 1.34. The maximum Gasteiger partial charge on any atom is 0.0931 e. The standard InChI is InChI=1S/C7H6N2.C2H6S/c1-2-4-7-6(3-1)8-5-9-7;1-3-2/h1-5H,(H,8,9);1-2H3. The Morgan fingerprint density at radius 2 is 1.92 bits per heavy atom. The van der Waals surface area contributed by atoms with E-state index in [1.165, 1.54) is 0 Å². The van der Waals surface area contributed by atoms with Gasteiger partial charge in [-0.25, -0.2) is 4.98 Å². The van der Waals surface area contributed by atoms with E-state index in [2.05, 4.69) is 9.97 Å². The molecule has 1 aromatic heterocycles. The zero-order valence-electron chi connectivity index (χ0n) is 7.24. The van der Waals surface area contributed by atoms with Gasteiger partial charge < -0.3 is 4.98 Å². The van der Waals surface area contributed by atoms with E-state index in [9.17, 15) is 0 Å². The molecule has 0 aliphatic rings. The fraction of sp³-hybridized carbons (Fsp3) is 0.222. The van der Waals surface area contributed by atoms with Crippen LogP contribution in [0.5, 0.6) is 0 Å². The normalized spacial score (nSPS) is 9.17. The minimum atomic E-state index is 1.03. The molecule has 1 aromatic carbocycles. The van der Waals surface area contributed by atoms with Crippen LogP contribution in [-0.2, 0) is 0 Å². The van der Waals surface area contributed by atoms with Crippen LogP contribution in [0.15, 0.2) is 30.6 Å². The Labute approximate surface area is 76.4 Å². The number of imidazole rings is 1. The van der Waals surface area contributed by atoms with Crippen molar-refractivity contribution in [2.45, 2.75) is 0 Å². The SMILES string of the molecule is CSC.c1ccc2[nH]cnc2c1. The first-order valence-electron chi connectivity index (χ1n) is 3.66. The minimum Gasteiger partial charge on any atom is -0.345 e. The van der Waals surface area contributed by atoms with E-state index in [0.29, 0.717) is 0 Å². The first-order valence-corrected chi connectivity index (χ1v) is 5.30. The van der Waals surface area contributed by atoms with Crippen LogP contribution in [0.4, 0.5) is 0 Å². The van der Waals surface area contributed by atoms with Crippen LogP contribution in [0.3, 0.4) is 0 Å². The second-order valence-electron chi connectivity index (χ2n) is 2.33. The zero-order chi connectivity index (χ0) is 8.81. The lowest BCUT2D eigenvalue weighted by atomic mass is 10.3. The van der Waals surface area contributed by atoms with Gasteiger partial charge in [0.25, 0.3) is 0 Å². The Kier molecular flexibility index (Phi) is 3.67. The van der Waals surface area contributed by atoms with E-state index < -0.39 is 0 Å². The van der Waals surface area contributed by atoms with E-state index >= 15 is 0 Å². The van der Waals surface area contributed by atoms with Crippen molar-refractivity contribution in [3.8, 4) is 0 Å². The van der Waals surface area contributed by atoms with Crippen molar-refractivity contribution in [2.24, 2.45) is 0 Å². The van der Waals surface area contributed by atoms with Gasteiger partial charge in [0.05, 0.1) is 17.4 Å².